The summed E-state index contributed by atoms with van der Waals surface area (Å²) in [6, 6.07) is 16.4. The summed E-state index contributed by atoms with van der Waals surface area (Å²) in [7, 11) is 0. The van der Waals surface area contributed by atoms with Crippen LogP contribution < -0.4 is 15.5 Å². The van der Waals surface area contributed by atoms with E-state index in [2.05, 4.69) is 5.32 Å². The van der Waals surface area contributed by atoms with E-state index in [0.29, 0.717) is 29.3 Å². The minimum absolute atomic E-state index is 0.0967. The summed E-state index contributed by atoms with van der Waals surface area (Å²) < 4.78 is 16.9. The van der Waals surface area contributed by atoms with Gasteiger partial charge in [0.1, 0.15) is 5.58 Å². The molecule has 2 aromatic carbocycles. The van der Waals surface area contributed by atoms with Crippen LogP contribution in [0.1, 0.15) is 11.1 Å². The predicted octanol–water partition coefficient (Wildman–Crippen LogP) is 4.75. The highest BCUT2D eigenvalue weighted by Crippen LogP contribution is 2.32. The summed E-state index contributed by atoms with van der Waals surface area (Å²) in [4.78, 5) is 25.4. The largest absolute Gasteiger partial charge is 0.476 e. The van der Waals surface area contributed by atoms with Gasteiger partial charge in [-0.25, -0.2) is 0 Å². The zero-order chi connectivity index (χ0) is 21.8. The highest BCUT2D eigenvalue weighted by molar-refractivity contribution is 6.32. The Kier molecular flexibility index (Phi) is 6.09. The molecule has 0 aliphatic rings. The van der Waals surface area contributed by atoms with Crippen molar-refractivity contribution in [3.8, 4) is 17.3 Å². The molecule has 158 valence electrons. The second-order valence-electron chi connectivity index (χ2n) is 7.04. The zero-order valence-corrected chi connectivity index (χ0v) is 17.6. The summed E-state index contributed by atoms with van der Waals surface area (Å²) in [5, 5.41) is 3.50. The molecule has 7 heteroatoms. The molecule has 0 aliphatic heterocycles. The van der Waals surface area contributed by atoms with Gasteiger partial charge in [-0.05, 0) is 48.7 Å². The molecule has 0 atom stereocenters. The highest BCUT2D eigenvalue weighted by atomic mass is 35.5. The van der Waals surface area contributed by atoms with Crippen molar-refractivity contribution in [2.24, 2.45) is 0 Å². The molecule has 6 nitrogen and oxygen atoms in total. The lowest BCUT2D eigenvalue weighted by Gasteiger charge is -2.11. The Balaban J connectivity index is 1.55. The van der Waals surface area contributed by atoms with Gasteiger partial charge in [-0.2, -0.15) is 0 Å². The van der Waals surface area contributed by atoms with Gasteiger partial charge in [0.2, 0.25) is 16.9 Å². The molecule has 0 saturated carbocycles. The Hall–Kier alpha value is -3.51. The smallest absolute Gasteiger partial charge is 0.257 e. The number of ether oxygens (including phenoxy) is 1. The minimum Gasteiger partial charge on any atom is -0.476 e. The minimum atomic E-state index is -0.424. The van der Waals surface area contributed by atoms with E-state index in [1.54, 1.807) is 18.2 Å². The van der Waals surface area contributed by atoms with Crippen molar-refractivity contribution in [1.29, 1.82) is 0 Å². The van der Waals surface area contributed by atoms with Gasteiger partial charge in [0, 0.05) is 11.6 Å². The Labute approximate surface area is 183 Å². The van der Waals surface area contributed by atoms with Crippen molar-refractivity contribution in [1.82, 2.24) is 5.32 Å². The van der Waals surface area contributed by atoms with Crippen molar-refractivity contribution < 1.29 is 18.4 Å². The number of rotatable bonds is 7. The van der Waals surface area contributed by atoms with Crippen LogP contribution in [0.4, 0.5) is 0 Å². The van der Waals surface area contributed by atoms with Gasteiger partial charge in [-0.15, -0.1) is 0 Å². The lowest BCUT2D eigenvalue weighted by Crippen LogP contribution is -2.31. The second kappa shape index (κ2) is 9.10. The first-order chi connectivity index (χ1) is 15.0. The van der Waals surface area contributed by atoms with Crippen LogP contribution >= 0.6 is 11.6 Å². The van der Waals surface area contributed by atoms with E-state index in [1.165, 1.54) is 12.3 Å². The number of halogens is 1. The monoisotopic (exact) mass is 437 g/mol. The van der Waals surface area contributed by atoms with E-state index in [4.69, 9.17) is 25.2 Å². The quantitative estimate of drug-likeness (QED) is 0.451. The summed E-state index contributed by atoms with van der Waals surface area (Å²) in [5.41, 5.74) is 1.82. The molecule has 4 rings (SSSR count). The van der Waals surface area contributed by atoms with E-state index in [0.717, 1.165) is 11.1 Å². The molecular formula is C24H20ClNO5. The van der Waals surface area contributed by atoms with Crippen LogP contribution in [0.2, 0.25) is 5.02 Å². The fraction of sp³-hybridized carbons (Fsp3) is 0.167. The van der Waals surface area contributed by atoms with Crippen molar-refractivity contribution >= 4 is 28.5 Å². The normalized spacial score (nSPS) is 10.9. The number of aryl methyl sites for hydroxylation is 1. The van der Waals surface area contributed by atoms with Crippen LogP contribution in [0.5, 0.6) is 5.75 Å². The van der Waals surface area contributed by atoms with E-state index in [9.17, 15) is 9.59 Å². The molecule has 0 radical (unpaired) electrons. The molecule has 0 unspecified atom stereocenters. The Morgan fingerprint density at radius 2 is 1.94 bits per heavy atom. The third-order valence-corrected chi connectivity index (χ3v) is 5.21. The summed E-state index contributed by atoms with van der Waals surface area (Å²) >= 11 is 6.18. The first kappa shape index (κ1) is 20.8. The van der Waals surface area contributed by atoms with Gasteiger partial charge in [-0.3, -0.25) is 9.59 Å². The molecule has 31 heavy (non-hydrogen) atoms. The number of benzene rings is 2. The number of amides is 1. The van der Waals surface area contributed by atoms with Crippen LogP contribution in [-0.2, 0) is 11.2 Å². The predicted molar refractivity (Wildman–Crippen MR) is 119 cm³/mol. The van der Waals surface area contributed by atoms with Crippen LogP contribution in [0.3, 0.4) is 0 Å². The molecule has 0 spiro atoms. The molecule has 0 bridgehead atoms. The molecule has 0 aliphatic carbocycles. The molecular weight excluding hydrogens is 418 g/mol. The van der Waals surface area contributed by atoms with Gasteiger partial charge in [0.25, 0.3) is 5.91 Å². The summed E-state index contributed by atoms with van der Waals surface area (Å²) in [6.07, 6.45) is 2.16. The fourth-order valence-corrected chi connectivity index (χ4v) is 3.34. The summed E-state index contributed by atoms with van der Waals surface area (Å²) in [5.74, 6) is 0.00994. The molecule has 1 N–H and O–H groups in total. The average Bonchev–Trinajstić information content (AvgIpc) is 3.30. The van der Waals surface area contributed by atoms with Gasteiger partial charge in [0.15, 0.2) is 12.4 Å². The average molecular weight is 438 g/mol. The Morgan fingerprint density at radius 1 is 1.13 bits per heavy atom. The number of furan rings is 1. The van der Waals surface area contributed by atoms with Crippen LogP contribution in [-0.4, -0.2) is 19.1 Å². The van der Waals surface area contributed by atoms with E-state index in [1.807, 2.05) is 37.3 Å². The van der Waals surface area contributed by atoms with Crippen LogP contribution in [0, 0.1) is 6.92 Å². The standard InChI is InChI=1S/C24H20ClNO5/c1-15-12-20-17(13-18(15)25)22(28)24(23(31-20)19-8-5-11-29-19)30-14-21(27)26-10-9-16-6-3-2-4-7-16/h2-8,11-13H,9-10,14H2,1H3,(H,26,27). The number of fused-ring (bicyclic) bond motifs is 1. The SMILES string of the molecule is Cc1cc2oc(-c3ccco3)c(OCC(=O)NCCc3ccccc3)c(=O)c2cc1Cl. The molecule has 2 aromatic heterocycles. The van der Waals surface area contributed by atoms with Gasteiger partial charge in [0.05, 0.1) is 11.6 Å². The second-order valence-corrected chi connectivity index (χ2v) is 7.45. The topological polar surface area (TPSA) is 81.7 Å². The molecule has 4 aromatic rings. The number of nitrogens with one attached hydrogen (secondary N) is 1. The fourth-order valence-electron chi connectivity index (χ4n) is 3.18. The third kappa shape index (κ3) is 4.64. The number of carbonyl (C=O) groups excluding carboxylic acids is 1. The summed E-state index contributed by atoms with van der Waals surface area (Å²) in [6.45, 7) is 1.94. The van der Waals surface area contributed by atoms with Crippen molar-refractivity contribution in [2.75, 3.05) is 13.2 Å². The zero-order valence-electron chi connectivity index (χ0n) is 16.8. The first-order valence-corrected chi connectivity index (χ1v) is 10.1. The number of hydrogen-bond acceptors (Lipinski definition) is 5. The van der Waals surface area contributed by atoms with E-state index >= 15 is 0 Å². The number of hydrogen-bond donors (Lipinski definition) is 1. The van der Waals surface area contributed by atoms with Crippen molar-refractivity contribution in [3.63, 3.8) is 0 Å². The Morgan fingerprint density at radius 3 is 2.68 bits per heavy atom. The van der Waals surface area contributed by atoms with Gasteiger partial charge in [-0.1, -0.05) is 41.9 Å². The van der Waals surface area contributed by atoms with Crippen LogP contribution in [0.15, 0.2) is 74.5 Å². The third-order valence-electron chi connectivity index (χ3n) is 4.80. The number of carbonyl (C=O) groups is 1. The van der Waals surface area contributed by atoms with Gasteiger partial charge >= 0.3 is 0 Å². The molecule has 1 amide bonds. The lowest BCUT2D eigenvalue weighted by atomic mass is 10.1. The maximum Gasteiger partial charge on any atom is 0.257 e. The first-order valence-electron chi connectivity index (χ1n) is 9.77. The highest BCUT2D eigenvalue weighted by Gasteiger charge is 2.21. The maximum atomic E-state index is 13.1. The lowest BCUT2D eigenvalue weighted by molar-refractivity contribution is -0.123. The van der Waals surface area contributed by atoms with Crippen molar-refractivity contribution in [2.45, 2.75) is 13.3 Å². The Bertz CT molecular complexity index is 1260. The molecule has 0 saturated heterocycles. The van der Waals surface area contributed by atoms with E-state index in [-0.39, 0.29) is 29.4 Å². The van der Waals surface area contributed by atoms with Crippen molar-refractivity contribution in [3.05, 3.63) is 87.2 Å². The van der Waals surface area contributed by atoms with Gasteiger partial charge < -0.3 is 18.9 Å². The molecule has 0 fully saturated rings. The molecule has 2 heterocycles. The van der Waals surface area contributed by atoms with E-state index < -0.39 is 5.43 Å². The van der Waals surface area contributed by atoms with Crippen LogP contribution in [0.25, 0.3) is 22.5 Å². The maximum absolute atomic E-state index is 13.1.